The molecule has 1 aromatic carbocycles. The number of carbonyl (C=O) groups is 1. The molecule has 0 aliphatic heterocycles. The van der Waals surface area contributed by atoms with Gasteiger partial charge in [0, 0.05) is 0 Å². The molecule has 2 rings (SSSR count). The number of para-hydroxylation sites is 1. The summed E-state index contributed by atoms with van der Waals surface area (Å²) in [7, 11) is 0. The van der Waals surface area contributed by atoms with Crippen LogP contribution in [0.1, 0.15) is 41.4 Å². The van der Waals surface area contributed by atoms with Crippen molar-refractivity contribution in [1.82, 2.24) is 9.78 Å². The van der Waals surface area contributed by atoms with Crippen molar-refractivity contribution in [3.05, 3.63) is 47.3 Å². The summed E-state index contributed by atoms with van der Waals surface area (Å²) in [6.45, 7) is 3.77. The molecule has 20 heavy (non-hydrogen) atoms. The summed E-state index contributed by atoms with van der Waals surface area (Å²) in [5.41, 5.74) is -0.432. The molecule has 0 aliphatic rings. The molecule has 0 N–H and O–H groups in total. The van der Waals surface area contributed by atoms with E-state index in [1.165, 1.54) is 0 Å². The van der Waals surface area contributed by atoms with E-state index < -0.39 is 17.4 Å². The average Bonchev–Trinajstić information content (AvgIpc) is 2.82. The molecule has 6 heteroatoms. The lowest BCUT2D eigenvalue weighted by Gasteiger charge is -2.16. The Labute approximate surface area is 114 Å². The number of hydrogen-bond acceptors (Lipinski definition) is 2. The lowest BCUT2D eigenvalue weighted by molar-refractivity contribution is -0.143. The molecule has 0 saturated carbocycles. The monoisotopic (exact) mass is 282 g/mol. The summed E-state index contributed by atoms with van der Waals surface area (Å²) in [6, 6.07) is 6.72. The SMILES string of the molecule is CC(C)c1ccccc1-n1ncc(C=O)c1C(F)(F)F. The lowest BCUT2D eigenvalue weighted by atomic mass is 10.0. The van der Waals surface area contributed by atoms with Crippen LogP contribution in [0.15, 0.2) is 30.5 Å². The van der Waals surface area contributed by atoms with Gasteiger partial charge >= 0.3 is 6.18 Å². The molecule has 1 aromatic heterocycles. The zero-order valence-electron chi connectivity index (χ0n) is 11.0. The highest BCUT2D eigenvalue weighted by molar-refractivity contribution is 5.76. The Morgan fingerprint density at radius 3 is 2.45 bits per heavy atom. The van der Waals surface area contributed by atoms with Crippen LogP contribution in [0.25, 0.3) is 5.69 Å². The Kier molecular flexibility index (Phi) is 3.65. The highest BCUT2D eigenvalue weighted by atomic mass is 19.4. The van der Waals surface area contributed by atoms with Crippen molar-refractivity contribution in [2.45, 2.75) is 25.9 Å². The van der Waals surface area contributed by atoms with Crippen molar-refractivity contribution in [3.8, 4) is 5.69 Å². The van der Waals surface area contributed by atoms with Crippen LogP contribution < -0.4 is 0 Å². The molecule has 0 unspecified atom stereocenters. The Balaban J connectivity index is 2.72. The van der Waals surface area contributed by atoms with Crippen LogP contribution in [0, 0.1) is 0 Å². The first-order valence-corrected chi connectivity index (χ1v) is 6.06. The number of carbonyl (C=O) groups excluding carboxylic acids is 1. The molecule has 0 atom stereocenters. The normalized spacial score (nSPS) is 11.9. The first-order chi connectivity index (χ1) is 9.36. The maximum absolute atomic E-state index is 13.1. The van der Waals surface area contributed by atoms with E-state index in [4.69, 9.17) is 0 Å². The maximum Gasteiger partial charge on any atom is 0.434 e. The molecular weight excluding hydrogens is 269 g/mol. The minimum absolute atomic E-state index is 0.0381. The van der Waals surface area contributed by atoms with E-state index in [1.54, 1.807) is 24.3 Å². The third-order valence-electron chi connectivity index (χ3n) is 2.98. The predicted octanol–water partition coefficient (Wildman–Crippen LogP) is 3.83. The van der Waals surface area contributed by atoms with Crippen molar-refractivity contribution in [2.24, 2.45) is 0 Å². The molecule has 1 heterocycles. The molecular formula is C14H13F3N2O. The number of hydrogen-bond donors (Lipinski definition) is 0. The zero-order valence-corrected chi connectivity index (χ0v) is 11.0. The van der Waals surface area contributed by atoms with Crippen LogP contribution in [-0.4, -0.2) is 16.1 Å². The van der Waals surface area contributed by atoms with Gasteiger partial charge in [-0.25, -0.2) is 4.68 Å². The molecule has 0 amide bonds. The molecule has 0 saturated heterocycles. The largest absolute Gasteiger partial charge is 0.434 e. The number of halogens is 3. The second kappa shape index (κ2) is 5.11. The zero-order chi connectivity index (χ0) is 14.9. The summed E-state index contributed by atoms with van der Waals surface area (Å²) in [6.07, 6.45) is -3.53. The maximum atomic E-state index is 13.1. The number of alkyl halides is 3. The number of benzene rings is 1. The second-order valence-electron chi connectivity index (χ2n) is 4.69. The van der Waals surface area contributed by atoms with E-state index in [0.29, 0.717) is 5.69 Å². The summed E-state index contributed by atoms with van der Waals surface area (Å²) in [5, 5.41) is 3.73. The lowest BCUT2D eigenvalue weighted by Crippen LogP contribution is -2.16. The second-order valence-corrected chi connectivity index (χ2v) is 4.69. The minimum atomic E-state index is -4.64. The van der Waals surface area contributed by atoms with Gasteiger partial charge in [0.05, 0.1) is 17.4 Å². The molecule has 3 nitrogen and oxygen atoms in total. The predicted molar refractivity (Wildman–Crippen MR) is 68.0 cm³/mol. The first kappa shape index (κ1) is 14.3. The van der Waals surface area contributed by atoms with E-state index in [-0.39, 0.29) is 12.2 Å². The average molecular weight is 282 g/mol. The Morgan fingerprint density at radius 1 is 1.25 bits per heavy atom. The first-order valence-electron chi connectivity index (χ1n) is 6.06. The summed E-state index contributed by atoms with van der Waals surface area (Å²) in [4.78, 5) is 10.8. The number of nitrogens with zero attached hydrogens (tertiary/aromatic N) is 2. The van der Waals surface area contributed by atoms with Crippen molar-refractivity contribution in [3.63, 3.8) is 0 Å². The van der Waals surface area contributed by atoms with Gasteiger partial charge in [0.25, 0.3) is 0 Å². The van der Waals surface area contributed by atoms with Gasteiger partial charge in [-0.15, -0.1) is 0 Å². The Hall–Kier alpha value is -2.11. The molecule has 0 fully saturated rings. The standard InChI is InChI=1S/C14H13F3N2O/c1-9(2)11-5-3-4-6-12(11)19-13(14(15,16)17)10(8-20)7-18-19/h3-9H,1-2H3. The highest BCUT2D eigenvalue weighted by Crippen LogP contribution is 2.34. The van der Waals surface area contributed by atoms with Crippen molar-refractivity contribution < 1.29 is 18.0 Å². The number of rotatable bonds is 3. The van der Waals surface area contributed by atoms with Gasteiger partial charge < -0.3 is 0 Å². The van der Waals surface area contributed by atoms with Gasteiger partial charge in [-0.3, -0.25) is 4.79 Å². The van der Waals surface area contributed by atoms with E-state index in [0.717, 1.165) is 16.4 Å². The summed E-state index contributed by atoms with van der Waals surface area (Å²) in [5.74, 6) is 0.0381. The summed E-state index contributed by atoms with van der Waals surface area (Å²) < 4.78 is 40.2. The van der Waals surface area contributed by atoms with E-state index in [2.05, 4.69) is 5.10 Å². The smallest absolute Gasteiger partial charge is 0.298 e. The third-order valence-corrected chi connectivity index (χ3v) is 2.98. The van der Waals surface area contributed by atoms with Gasteiger partial charge in [-0.1, -0.05) is 32.0 Å². The van der Waals surface area contributed by atoms with Crippen LogP contribution in [0.2, 0.25) is 0 Å². The van der Waals surface area contributed by atoms with Gasteiger partial charge in [-0.05, 0) is 17.5 Å². The van der Waals surface area contributed by atoms with Crippen molar-refractivity contribution in [2.75, 3.05) is 0 Å². The quantitative estimate of drug-likeness (QED) is 0.802. The molecule has 0 aliphatic carbocycles. The minimum Gasteiger partial charge on any atom is -0.298 e. The van der Waals surface area contributed by atoms with Crippen molar-refractivity contribution >= 4 is 6.29 Å². The highest BCUT2D eigenvalue weighted by Gasteiger charge is 2.38. The van der Waals surface area contributed by atoms with Crippen LogP contribution in [0.5, 0.6) is 0 Å². The van der Waals surface area contributed by atoms with Gasteiger partial charge in [-0.2, -0.15) is 18.3 Å². The Morgan fingerprint density at radius 2 is 1.90 bits per heavy atom. The van der Waals surface area contributed by atoms with Crippen molar-refractivity contribution in [1.29, 1.82) is 0 Å². The fraction of sp³-hybridized carbons (Fsp3) is 0.286. The van der Waals surface area contributed by atoms with Gasteiger partial charge in [0.15, 0.2) is 12.0 Å². The fourth-order valence-corrected chi connectivity index (χ4v) is 2.08. The van der Waals surface area contributed by atoms with Crippen LogP contribution in [-0.2, 0) is 6.18 Å². The van der Waals surface area contributed by atoms with E-state index in [1.807, 2.05) is 13.8 Å². The van der Waals surface area contributed by atoms with Crippen LogP contribution >= 0.6 is 0 Å². The van der Waals surface area contributed by atoms with Crippen LogP contribution in [0.4, 0.5) is 13.2 Å². The van der Waals surface area contributed by atoms with E-state index in [9.17, 15) is 18.0 Å². The summed E-state index contributed by atoms with van der Waals surface area (Å²) >= 11 is 0. The van der Waals surface area contributed by atoms with Crippen LogP contribution in [0.3, 0.4) is 0 Å². The molecule has 106 valence electrons. The third kappa shape index (κ3) is 2.45. The molecule has 2 aromatic rings. The van der Waals surface area contributed by atoms with Gasteiger partial charge in [0.1, 0.15) is 0 Å². The fourth-order valence-electron chi connectivity index (χ4n) is 2.08. The molecule has 0 spiro atoms. The Bertz CT molecular complexity index is 630. The molecule has 0 radical (unpaired) electrons. The topological polar surface area (TPSA) is 34.9 Å². The van der Waals surface area contributed by atoms with E-state index >= 15 is 0 Å². The number of aldehydes is 1. The number of aromatic nitrogens is 2. The van der Waals surface area contributed by atoms with Gasteiger partial charge in [0.2, 0.25) is 0 Å². The molecule has 0 bridgehead atoms.